The molecule has 1 N–H and O–H groups in total. The number of aldehydes is 1. The SMILES string of the molecule is O=C[C@H](Cc1ccccc1)NF. The Morgan fingerprint density at radius 1 is 1.42 bits per heavy atom. The van der Waals surface area contributed by atoms with E-state index in [2.05, 4.69) is 0 Å². The molecular formula is C9H10FNO. The summed E-state index contributed by atoms with van der Waals surface area (Å²) in [4.78, 5) is 10.2. The van der Waals surface area contributed by atoms with Gasteiger partial charge in [0.15, 0.2) is 0 Å². The molecule has 2 nitrogen and oxygen atoms in total. The maximum absolute atomic E-state index is 11.9. The van der Waals surface area contributed by atoms with Crippen LogP contribution in [0.25, 0.3) is 0 Å². The van der Waals surface area contributed by atoms with Crippen molar-refractivity contribution in [1.29, 1.82) is 0 Å². The number of carbonyl (C=O) groups excluding carboxylic acids is 1. The van der Waals surface area contributed by atoms with Gasteiger partial charge in [0.25, 0.3) is 0 Å². The van der Waals surface area contributed by atoms with Crippen LogP contribution < -0.4 is 5.54 Å². The molecule has 0 bridgehead atoms. The lowest BCUT2D eigenvalue weighted by atomic mass is 10.1. The predicted molar refractivity (Wildman–Crippen MR) is 44.2 cm³/mol. The monoisotopic (exact) mass is 167 g/mol. The van der Waals surface area contributed by atoms with Crippen LogP contribution in [0.1, 0.15) is 5.56 Å². The molecule has 1 rings (SSSR count). The van der Waals surface area contributed by atoms with Gasteiger partial charge >= 0.3 is 0 Å². The molecule has 0 aliphatic carbocycles. The number of halogens is 1. The zero-order valence-corrected chi connectivity index (χ0v) is 6.53. The number of hydrogen-bond donors (Lipinski definition) is 1. The highest BCUT2D eigenvalue weighted by molar-refractivity contribution is 5.58. The van der Waals surface area contributed by atoms with Crippen molar-refractivity contribution in [3.05, 3.63) is 35.9 Å². The molecule has 1 aromatic carbocycles. The third-order valence-corrected chi connectivity index (χ3v) is 1.60. The van der Waals surface area contributed by atoms with E-state index in [0.29, 0.717) is 12.7 Å². The van der Waals surface area contributed by atoms with Gasteiger partial charge in [-0.2, -0.15) is 0 Å². The summed E-state index contributed by atoms with van der Waals surface area (Å²) < 4.78 is 11.9. The van der Waals surface area contributed by atoms with Crippen LogP contribution >= 0.6 is 0 Å². The summed E-state index contributed by atoms with van der Waals surface area (Å²) in [6.07, 6.45) is 0.952. The quantitative estimate of drug-likeness (QED) is 0.540. The van der Waals surface area contributed by atoms with Crippen LogP contribution in [0.3, 0.4) is 0 Å². The first-order chi connectivity index (χ1) is 5.86. The molecule has 0 saturated carbocycles. The molecule has 12 heavy (non-hydrogen) atoms. The van der Waals surface area contributed by atoms with Gasteiger partial charge in [-0.25, -0.2) is 0 Å². The minimum Gasteiger partial charge on any atom is -0.302 e. The molecule has 0 spiro atoms. The molecule has 1 atom stereocenters. The molecule has 0 unspecified atom stereocenters. The summed E-state index contributed by atoms with van der Waals surface area (Å²) in [6.45, 7) is 0. The van der Waals surface area contributed by atoms with E-state index in [0.717, 1.165) is 5.56 Å². The van der Waals surface area contributed by atoms with Crippen LogP contribution in [-0.4, -0.2) is 12.3 Å². The average Bonchev–Trinajstić information content (AvgIpc) is 2.16. The van der Waals surface area contributed by atoms with Gasteiger partial charge in [0.2, 0.25) is 0 Å². The van der Waals surface area contributed by atoms with Crippen LogP contribution in [-0.2, 0) is 11.2 Å². The van der Waals surface area contributed by atoms with Crippen molar-refractivity contribution in [2.75, 3.05) is 0 Å². The maximum atomic E-state index is 11.9. The first-order valence-electron chi connectivity index (χ1n) is 3.72. The molecular weight excluding hydrogens is 157 g/mol. The first kappa shape index (κ1) is 8.87. The van der Waals surface area contributed by atoms with Crippen LogP contribution in [0.15, 0.2) is 30.3 Å². The smallest absolute Gasteiger partial charge is 0.139 e. The lowest BCUT2D eigenvalue weighted by Gasteiger charge is -2.04. The van der Waals surface area contributed by atoms with Crippen molar-refractivity contribution >= 4 is 6.29 Å². The highest BCUT2D eigenvalue weighted by Gasteiger charge is 2.05. The summed E-state index contributed by atoms with van der Waals surface area (Å²) >= 11 is 0. The lowest BCUT2D eigenvalue weighted by molar-refractivity contribution is -0.110. The number of carbonyl (C=O) groups is 1. The van der Waals surface area contributed by atoms with E-state index in [1.165, 1.54) is 5.54 Å². The molecule has 3 heteroatoms. The highest BCUT2D eigenvalue weighted by Crippen LogP contribution is 2.01. The predicted octanol–water partition coefficient (Wildman–Crippen LogP) is 1.27. The Kier molecular flexibility index (Phi) is 3.41. The van der Waals surface area contributed by atoms with Crippen molar-refractivity contribution in [1.82, 2.24) is 5.54 Å². The molecule has 0 radical (unpaired) electrons. The minimum atomic E-state index is -0.729. The zero-order valence-electron chi connectivity index (χ0n) is 6.53. The maximum Gasteiger partial charge on any atom is 0.139 e. The van der Waals surface area contributed by atoms with Gasteiger partial charge in [-0.15, -0.1) is 10.0 Å². The van der Waals surface area contributed by atoms with Crippen LogP contribution in [0.4, 0.5) is 4.48 Å². The fraction of sp³-hybridized carbons (Fsp3) is 0.222. The Balaban J connectivity index is 2.56. The summed E-state index contributed by atoms with van der Waals surface area (Å²) in [5.74, 6) is 0. The van der Waals surface area contributed by atoms with E-state index in [1.807, 2.05) is 30.3 Å². The van der Waals surface area contributed by atoms with E-state index in [-0.39, 0.29) is 0 Å². The largest absolute Gasteiger partial charge is 0.302 e. The molecule has 1 aromatic rings. The van der Waals surface area contributed by atoms with Crippen molar-refractivity contribution in [2.45, 2.75) is 12.5 Å². The lowest BCUT2D eigenvalue weighted by Crippen LogP contribution is -2.25. The topological polar surface area (TPSA) is 29.1 Å². The second-order valence-electron chi connectivity index (χ2n) is 2.54. The molecule has 64 valence electrons. The number of rotatable bonds is 4. The van der Waals surface area contributed by atoms with Crippen molar-refractivity contribution < 1.29 is 9.28 Å². The Bertz CT molecular complexity index is 238. The van der Waals surface area contributed by atoms with Gasteiger partial charge in [-0.05, 0) is 12.0 Å². The second-order valence-corrected chi connectivity index (χ2v) is 2.54. The van der Waals surface area contributed by atoms with Crippen LogP contribution in [0.5, 0.6) is 0 Å². The van der Waals surface area contributed by atoms with Crippen molar-refractivity contribution in [2.24, 2.45) is 0 Å². The summed E-state index contributed by atoms with van der Waals surface area (Å²) in [7, 11) is 0. The molecule has 0 saturated heterocycles. The molecule has 0 aliphatic heterocycles. The standard InChI is InChI=1S/C9H10FNO/c10-11-9(7-12)6-8-4-2-1-3-5-8/h1-5,7,9,11H,6H2/t9-/m0/s1. The second kappa shape index (κ2) is 4.62. The Morgan fingerprint density at radius 3 is 2.58 bits per heavy atom. The summed E-state index contributed by atoms with van der Waals surface area (Å²) in [6, 6.07) is 8.57. The van der Waals surface area contributed by atoms with Gasteiger partial charge in [0.05, 0.1) is 6.04 Å². The first-order valence-corrected chi connectivity index (χ1v) is 3.72. The Labute approximate surface area is 70.3 Å². The number of benzene rings is 1. The van der Waals surface area contributed by atoms with E-state index in [1.54, 1.807) is 0 Å². The van der Waals surface area contributed by atoms with Crippen molar-refractivity contribution in [3.8, 4) is 0 Å². The van der Waals surface area contributed by atoms with Gasteiger partial charge in [0.1, 0.15) is 6.29 Å². The van der Waals surface area contributed by atoms with Gasteiger partial charge in [-0.1, -0.05) is 30.3 Å². The highest BCUT2D eigenvalue weighted by atomic mass is 19.2. The fourth-order valence-corrected chi connectivity index (χ4v) is 0.980. The molecule has 0 aromatic heterocycles. The Morgan fingerprint density at radius 2 is 2.08 bits per heavy atom. The van der Waals surface area contributed by atoms with E-state index in [9.17, 15) is 9.28 Å². The molecule has 0 heterocycles. The average molecular weight is 167 g/mol. The number of nitrogens with one attached hydrogen (secondary N) is 1. The van der Waals surface area contributed by atoms with Crippen LogP contribution in [0, 0.1) is 0 Å². The van der Waals surface area contributed by atoms with Gasteiger partial charge in [-0.3, -0.25) is 0 Å². The number of hydrogen-bond acceptors (Lipinski definition) is 2. The Hall–Kier alpha value is -1.22. The molecule has 0 aliphatic rings. The van der Waals surface area contributed by atoms with Crippen molar-refractivity contribution in [3.63, 3.8) is 0 Å². The minimum absolute atomic E-state index is 0.390. The van der Waals surface area contributed by atoms with E-state index >= 15 is 0 Å². The van der Waals surface area contributed by atoms with E-state index in [4.69, 9.17) is 0 Å². The molecule has 0 amide bonds. The third kappa shape index (κ3) is 2.43. The summed E-state index contributed by atoms with van der Waals surface area (Å²) in [5.41, 5.74) is 2.38. The van der Waals surface area contributed by atoms with Gasteiger partial charge < -0.3 is 4.79 Å². The van der Waals surface area contributed by atoms with Crippen LogP contribution in [0.2, 0.25) is 0 Å². The third-order valence-electron chi connectivity index (χ3n) is 1.60. The fourth-order valence-electron chi connectivity index (χ4n) is 0.980. The zero-order chi connectivity index (χ0) is 8.81. The van der Waals surface area contributed by atoms with Gasteiger partial charge in [0, 0.05) is 0 Å². The summed E-state index contributed by atoms with van der Waals surface area (Å²) in [5, 5.41) is 0. The normalized spacial score (nSPS) is 12.4. The molecule has 0 fully saturated rings. The van der Waals surface area contributed by atoms with E-state index < -0.39 is 6.04 Å².